The molecule has 3 rings (SSSR count). The van der Waals surface area contributed by atoms with Crippen LogP contribution in [0.15, 0.2) is 28.8 Å². The van der Waals surface area contributed by atoms with Crippen LogP contribution in [0.5, 0.6) is 0 Å². The smallest absolute Gasteiger partial charge is 0.225 e. The molecule has 4 nitrogen and oxygen atoms in total. The summed E-state index contributed by atoms with van der Waals surface area (Å²) in [5, 5.41) is 13.1. The molecule has 1 aromatic carbocycles. The third-order valence-electron chi connectivity index (χ3n) is 3.60. The maximum atomic E-state index is 9.15. The Labute approximate surface area is 105 Å². The van der Waals surface area contributed by atoms with Crippen LogP contribution in [-0.2, 0) is 12.8 Å². The molecule has 4 heteroatoms. The van der Waals surface area contributed by atoms with E-state index in [9.17, 15) is 0 Å². The lowest BCUT2D eigenvalue weighted by atomic mass is 9.81. The molecule has 1 aliphatic carbocycles. The summed E-state index contributed by atoms with van der Waals surface area (Å²) in [6.45, 7) is 0. The molecule has 0 aliphatic heterocycles. The fourth-order valence-corrected chi connectivity index (χ4v) is 2.65. The van der Waals surface area contributed by atoms with Gasteiger partial charge in [-0.2, -0.15) is 5.26 Å². The summed E-state index contributed by atoms with van der Waals surface area (Å²) in [5.74, 6) is 0.749. The first-order chi connectivity index (χ1) is 8.79. The number of hydrogen-bond donors (Lipinski definition) is 1. The third kappa shape index (κ3) is 1.65. The number of aryl methyl sites for hydroxylation is 1. The van der Waals surface area contributed by atoms with Crippen molar-refractivity contribution in [3.05, 3.63) is 46.6 Å². The van der Waals surface area contributed by atoms with Crippen molar-refractivity contribution in [1.29, 1.82) is 5.26 Å². The van der Waals surface area contributed by atoms with Gasteiger partial charge in [-0.3, -0.25) is 0 Å². The van der Waals surface area contributed by atoms with Gasteiger partial charge in [0.05, 0.1) is 17.3 Å². The Balaban J connectivity index is 1.97. The van der Waals surface area contributed by atoms with Crippen LogP contribution < -0.4 is 5.73 Å². The van der Waals surface area contributed by atoms with Crippen LogP contribution in [0, 0.1) is 11.3 Å². The van der Waals surface area contributed by atoms with Crippen LogP contribution in [0.2, 0.25) is 0 Å². The van der Waals surface area contributed by atoms with E-state index in [0.29, 0.717) is 11.8 Å². The van der Waals surface area contributed by atoms with Crippen molar-refractivity contribution in [2.45, 2.75) is 25.2 Å². The molecule has 0 saturated carbocycles. The summed E-state index contributed by atoms with van der Waals surface area (Å²) >= 11 is 0. The summed E-state index contributed by atoms with van der Waals surface area (Å²) < 4.78 is 5.02. The third-order valence-corrected chi connectivity index (χ3v) is 3.60. The summed E-state index contributed by atoms with van der Waals surface area (Å²) in [6.07, 6.45) is 2.65. The van der Waals surface area contributed by atoms with Crippen molar-refractivity contribution >= 4 is 5.88 Å². The minimum Gasteiger partial charge on any atom is -0.367 e. The van der Waals surface area contributed by atoms with Gasteiger partial charge in [-0.25, -0.2) is 0 Å². The van der Waals surface area contributed by atoms with Crippen molar-refractivity contribution in [2.24, 2.45) is 0 Å². The van der Waals surface area contributed by atoms with E-state index in [1.807, 2.05) is 24.3 Å². The van der Waals surface area contributed by atoms with Crippen molar-refractivity contribution in [1.82, 2.24) is 5.16 Å². The van der Waals surface area contributed by atoms with E-state index >= 15 is 0 Å². The number of nitrogens with zero attached hydrogens (tertiary/aromatic N) is 2. The molecule has 2 N–H and O–H groups in total. The molecule has 0 fully saturated rings. The summed E-state index contributed by atoms with van der Waals surface area (Å²) in [4.78, 5) is 0. The average Bonchev–Trinajstić information content (AvgIpc) is 2.80. The molecule has 1 aliphatic rings. The molecule has 90 valence electrons. The standard InChI is InChI=1S/C14H13N3O/c15-8-10-3-1-2-4-11(10)9-5-6-13-12(7-9)14(16)18-17-13/h1-4,9H,5-7,16H2. The molecule has 1 unspecified atom stereocenters. The van der Waals surface area contributed by atoms with E-state index in [-0.39, 0.29) is 0 Å². The lowest BCUT2D eigenvalue weighted by Crippen LogP contribution is -2.14. The van der Waals surface area contributed by atoms with Crippen LogP contribution in [-0.4, -0.2) is 5.16 Å². The molecule has 1 aromatic heterocycles. The van der Waals surface area contributed by atoms with Crippen molar-refractivity contribution < 1.29 is 4.52 Å². The lowest BCUT2D eigenvalue weighted by molar-refractivity contribution is 0.426. The first kappa shape index (κ1) is 10.8. The van der Waals surface area contributed by atoms with Crippen LogP contribution in [0.4, 0.5) is 5.88 Å². The van der Waals surface area contributed by atoms with E-state index in [4.69, 9.17) is 15.5 Å². The Morgan fingerprint density at radius 2 is 2.22 bits per heavy atom. The average molecular weight is 239 g/mol. The fourth-order valence-electron chi connectivity index (χ4n) is 2.65. The van der Waals surface area contributed by atoms with Gasteiger partial charge in [0.25, 0.3) is 0 Å². The van der Waals surface area contributed by atoms with Crippen LogP contribution in [0.25, 0.3) is 0 Å². The molecule has 0 amide bonds. The zero-order valence-corrected chi connectivity index (χ0v) is 9.89. The minimum absolute atomic E-state index is 0.329. The first-order valence-electron chi connectivity index (χ1n) is 6.01. The Morgan fingerprint density at radius 1 is 1.39 bits per heavy atom. The number of nitrogen functional groups attached to an aromatic ring is 1. The number of rotatable bonds is 1. The highest BCUT2D eigenvalue weighted by Gasteiger charge is 2.26. The molecule has 0 radical (unpaired) electrons. The van der Waals surface area contributed by atoms with E-state index in [0.717, 1.165) is 41.6 Å². The molecule has 1 heterocycles. The molecule has 0 bridgehead atoms. The quantitative estimate of drug-likeness (QED) is 0.829. The van der Waals surface area contributed by atoms with Crippen LogP contribution in [0.3, 0.4) is 0 Å². The highest BCUT2D eigenvalue weighted by atomic mass is 16.5. The first-order valence-corrected chi connectivity index (χ1v) is 6.01. The van der Waals surface area contributed by atoms with Gasteiger partial charge in [0, 0.05) is 5.56 Å². The van der Waals surface area contributed by atoms with Crippen LogP contribution in [0.1, 0.15) is 34.7 Å². The number of anilines is 1. The van der Waals surface area contributed by atoms with Gasteiger partial charge in [0.1, 0.15) is 0 Å². The minimum atomic E-state index is 0.329. The molecular formula is C14H13N3O. The van der Waals surface area contributed by atoms with Gasteiger partial charge in [-0.05, 0) is 36.8 Å². The van der Waals surface area contributed by atoms with Gasteiger partial charge in [-0.15, -0.1) is 0 Å². The number of hydrogen-bond acceptors (Lipinski definition) is 4. The zero-order valence-electron chi connectivity index (χ0n) is 9.89. The van der Waals surface area contributed by atoms with Gasteiger partial charge in [0.15, 0.2) is 0 Å². The van der Waals surface area contributed by atoms with Crippen molar-refractivity contribution in [3.8, 4) is 6.07 Å². The second-order valence-corrected chi connectivity index (χ2v) is 4.61. The summed E-state index contributed by atoms with van der Waals surface area (Å²) in [6, 6.07) is 10.0. The SMILES string of the molecule is N#Cc1ccccc1C1CCc2noc(N)c2C1. The number of aromatic nitrogens is 1. The largest absolute Gasteiger partial charge is 0.367 e. The maximum Gasteiger partial charge on any atom is 0.225 e. The lowest BCUT2D eigenvalue weighted by Gasteiger charge is -2.22. The second-order valence-electron chi connectivity index (χ2n) is 4.61. The predicted octanol–water partition coefficient (Wildman–Crippen LogP) is 2.40. The van der Waals surface area contributed by atoms with E-state index in [1.54, 1.807) is 0 Å². The molecular weight excluding hydrogens is 226 g/mol. The van der Waals surface area contributed by atoms with Gasteiger partial charge < -0.3 is 10.3 Å². The predicted molar refractivity (Wildman–Crippen MR) is 66.8 cm³/mol. The molecule has 1 atom stereocenters. The maximum absolute atomic E-state index is 9.15. The Bertz CT molecular complexity index is 624. The fraction of sp³-hybridized carbons (Fsp3) is 0.286. The number of nitrogens with two attached hydrogens (primary N) is 1. The van der Waals surface area contributed by atoms with E-state index in [1.165, 1.54) is 0 Å². The molecule has 18 heavy (non-hydrogen) atoms. The van der Waals surface area contributed by atoms with Gasteiger partial charge in [-0.1, -0.05) is 23.4 Å². The Kier molecular flexibility index (Phi) is 2.52. The summed E-state index contributed by atoms with van der Waals surface area (Å²) in [7, 11) is 0. The normalized spacial score (nSPS) is 18.1. The van der Waals surface area contributed by atoms with Crippen molar-refractivity contribution in [3.63, 3.8) is 0 Å². The highest BCUT2D eigenvalue weighted by Crippen LogP contribution is 2.36. The highest BCUT2D eigenvalue weighted by molar-refractivity contribution is 5.45. The molecule has 0 spiro atoms. The Hall–Kier alpha value is -2.28. The van der Waals surface area contributed by atoms with Crippen LogP contribution >= 0.6 is 0 Å². The van der Waals surface area contributed by atoms with Gasteiger partial charge >= 0.3 is 0 Å². The van der Waals surface area contributed by atoms with Gasteiger partial charge in [0.2, 0.25) is 5.88 Å². The number of benzene rings is 1. The zero-order chi connectivity index (χ0) is 12.5. The van der Waals surface area contributed by atoms with Crippen molar-refractivity contribution in [2.75, 3.05) is 5.73 Å². The molecule has 0 saturated heterocycles. The Morgan fingerprint density at radius 3 is 3.06 bits per heavy atom. The second kappa shape index (κ2) is 4.19. The monoisotopic (exact) mass is 239 g/mol. The summed E-state index contributed by atoms with van der Waals surface area (Å²) in [5.41, 5.74) is 9.62. The number of fused-ring (bicyclic) bond motifs is 1. The number of nitriles is 1. The van der Waals surface area contributed by atoms with E-state index in [2.05, 4.69) is 11.2 Å². The van der Waals surface area contributed by atoms with E-state index < -0.39 is 0 Å². The topological polar surface area (TPSA) is 75.8 Å². The molecule has 2 aromatic rings.